The zero-order valence-electron chi connectivity index (χ0n) is 13.4. The van der Waals surface area contributed by atoms with Gasteiger partial charge in [-0.25, -0.2) is 4.98 Å². The molecule has 1 fully saturated rings. The van der Waals surface area contributed by atoms with E-state index in [1.807, 2.05) is 36.6 Å². The van der Waals surface area contributed by atoms with Crippen molar-refractivity contribution in [2.75, 3.05) is 31.6 Å². The smallest absolute Gasteiger partial charge is 0.264 e. The van der Waals surface area contributed by atoms with Crippen LogP contribution < -0.4 is 4.90 Å². The first kappa shape index (κ1) is 16.0. The van der Waals surface area contributed by atoms with E-state index < -0.39 is 5.60 Å². The monoisotopic (exact) mass is 331 g/mol. The Morgan fingerprint density at radius 2 is 2.30 bits per heavy atom. The average molecular weight is 331 g/mol. The average Bonchev–Trinajstić information content (AvgIpc) is 3.13. The number of aryl methyl sites for hydroxylation is 1. The lowest BCUT2D eigenvalue weighted by molar-refractivity contribution is 0.0266. The van der Waals surface area contributed by atoms with Crippen molar-refractivity contribution in [1.82, 2.24) is 9.88 Å². The normalized spacial score (nSPS) is 20.7. The number of aromatic nitrogens is 1. The second-order valence-corrected chi connectivity index (χ2v) is 7.09. The highest BCUT2D eigenvalue weighted by atomic mass is 32.1. The van der Waals surface area contributed by atoms with E-state index in [2.05, 4.69) is 9.88 Å². The lowest BCUT2D eigenvalue weighted by atomic mass is 10.0. The summed E-state index contributed by atoms with van der Waals surface area (Å²) in [6.45, 7) is 3.50. The fraction of sp³-hybridized carbons (Fsp3) is 0.412. The minimum Gasteiger partial charge on any atom is -0.386 e. The van der Waals surface area contributed by atoms with E-state index in [-0.39, 0.29) is 5.91 Å². The van der Waals surface area contributed by atoms with Crippen LogP contribution in [-0.2, 0) is 0 Å². The number of amides is 1. The molecule has 0 aromatic carbocycles. The Morgan fingerprint density at radius 3 is 2.96 bits per heavy atom. The number of anilines is 1. The highest BCUT2D eigenvalue weighted by Gasteiger charge is 2.38. The molecule has 2 aromatic rings. The van der Waals surface area contributed by atoms with Crippen molar-refractivity contribution in [1.29, 1.82) is 0 Å². The SMILES string of the molecule is Cc1ccsc1C(=O)N(C)C[C@]1(O)CCN(c2ccccn2)C1. The van der Waals surface area contributed by atoms with Crippen molar-refractivity contribution in [3.05, 3.63) is 46.3 Å². The third-order valence-electron chi connectivity index (χ3n) is 4.24. The predicted octanol–water partition coefficient (Wildman–Crippen LogP) is 2.16. The molecule has 1 N–H and O–H groups in total. The molecule has 0 bridgehead atoms. The fourth-order valence-corrected chi connectivity index (χ4v) is 3.92. The summed E-state index contributed by atoms with van der Waals surface area (Å²) in [7, 11) is 1.75. The number of likely N-dealkylation sites (N-methyl/N-ethyl adjacent to an activating group) is 1. The Kier molecular flexibility index (Phi) is 4.37. The van der Waals surface area contributed by atoms with E-state index in [4.69, 9.17) is 0 Å². The topological polar surface area (TPSA) is 56.7 Å². The van der Waals surface area contributed by atoms with E-state index in [0.29, 0.717) is 19.5 Å². The Labute approximate surface area is 140 Å². The number of β-amino-alcohol motifs (C(OH)–C–C–N with tert-alkyl or cyclic N) is 1. The van der Waals surface area contributed by atoms with Crippen molar-refractivity contribution in [3.8, 4) is 0 Å². The molecular weight excluding hydrogens is 310 g/mol. The van der Waals surface area contributed by atoms with Gasteiger partial charge in [0.15, 0.2) is 0 Å². The summed E-state index contributed by atoms with van der Waals surface area (Å²) < 4.78 is 0. The van der Waals surface area contributed by atoms with E-state index in [9.17, 15) is 9.90 Å². The molecule has 1 atom stereocenters. The number of aliphatic hydroxyl groups is 1. The lowest BCUT2D eigenvalue weighted by Crippen LogP contribution is -2.45. The van der Waals surface area contributed by atoms with E-state index >= 15 is 0 Å². The molecule has 1 aliphatic heterocycles. The Balaban J connectivity index is 1.66. The van der Waals surface area contributed by atoms with E-state index in [0.717, 1.165) is 22.8 Å². The molecule has 3 rings (SSSR count). The molecule has 1 aliphatic rings. The zero-order chi connectivity index (χ0) is 16.4. The van der Waals surface area contributed by atoms with Crippen LogP contribution in [0.5, 0.6) is 0 Å². The molecule has 3 heterocycles. The minimum atomic E-state index is -0.896. The first-order chi connectivity index (χ1) is 11.0. The van der Waals surface area contributed by atoms with Crippen LogP contribution in [0, 0.1) is 6.92 Å². The molecule has 5 nitrogen and oxygen atoms in total. The van der Waals surface area contributed by atoms with Gasteiger partial charge in [0.05, 0.1) is 11.4 Å². The van der Waals surface area contributed by atoms with Crippen molar-refractivity contribution in [2.45, 2.75) is 18.9 Å². The summed E-state index contributed by atoms with van der Waals surface area (Å²) in [5, 5.41) is 12.8. The molecule has 23 heavy (non-hydrogen) atoms. The van der Waals surface area contributed by atoms with Crippen molar-refractivity contribution in [2.24, 2.45) is 0 Å². The predicted molar refractivity (Wildman–Crippen MR) is 92.0 cm³/mol. The summed E-state index contributed by atoms with van der Waals surface area (Å²) in [5.74, 6) is 0.841. The van der Waals surface area contributed by atoms with Crippen LogP contribution in [-0.4, -0.2) is 53.2 Å². The molecule has 2 aromatic heterocycles. The summed E-state index contributed by atoms with van der Waals surface area (Å²) in [6.07, 6.45) is 2.38. The molecular formula is C17H21N3O2S. The van der Waals surface area contributed by atoms with Gasteiger partial charge in [-0.05, 0) is 42.5 Å². The van der Waals surface area contributed by atoms with Gasteiger partial charge >= 0.3 is 0 Å². The quantitative estimate of drug-likeness (QED) is 0.933. The molecule has 1 amide bonds. The molecule has 122 valence electrons. The summed E-state index contributed by atoms with van der Waals surface area (Å²) in [5.41, 5.74) is 0.0907. The number of pyridine rings is 1. The Hall–Kier alpha value is -1.92. The maximum Gasteiger partial charge on any atom is 0.264 e. The fourth-order valence-electron chi connectivity index (χ4n) is 3.00. The van der Waals surface area contributed by atoms with Crippen LogP contribution in [0.2, 0.25) is 0 Å². The highest BCUT2D eigenvalue weighted by molar-refractivity contribution is 7.12. The maximum absolute atomic E-state index is 12.5. The molecule has 1 saturated heterocycles. The second-order valence-electron chi connectivity index (χ2n) is 6.18. The van der Waals surface area contributed by atoms with Gasteiger partial charge in [0.25, 0.3) is 5.91 Å². The summed E-state index contributed by atoms with van der Waals surface area (Å²) in [4.78, 5) is 21.3. The van der Waals surface area contributed by atoms with Gasteiger partial charge in [0.2, 0.25) is 0 Å². The third kappa shape index (κ3) is 3.38. The van der Waals surface area contributed by atoms with E-state index in [1.54, 1.807) is 18.1 Å². The first-order valence-corrected chi connectivity index (χ1v) is 8.54. The van der Waals surface area contributed by atoms with Crippen LogP contribution >= 0.6 is 11.3 Å². The number of rotatable bonds is 4. The second kappa shape index (κ2) is 6.29. The number of hydrogen-bond donors (Lipinski definition) is 1. The van der Waals surface area contributed by atoms with Crippen LogP contribution in [0.15, 0.2) is 35.8 Å². The Morgan fingerprint density at radius 1 is 1.48 bits per heavy atom. The summed E-state index contributed by atoms with van der Waals surface area (Å²) >= 11 is 1.45. The number of carbonyl (C=O) groups excluding carboxylic acids is 1. The lowest BCUT2D eigenvalue weighted by Gasteiger charge is -2.29. The Bertz CT molecular complexity index is 688. The largest absolute Gasteiger partial charge is 0.386 e. The number of thiophene rings is 1. The zero-order valence-corrected chi connectivity index (χ0v) is 14.2. The van der Waals surface area contributed by atoms with Crippen molar-refractivity contribution in [3.63, 3.8) is 0 Å². The van der Waals surface area contributed by atoms with Crippen LogP contribution in [0.3, 0.4) is 0 Å². The van der Waals surface area contributed by atoms with Crippen LogP contribution in [0.25, 0.3) is 0 Å². The number of carbonyl (C=O) groups is 1. The molecule has 6 heteroatoms. The standard InChI is InChI=1S/C17H21N3O2S/c1-13-6-10-23-15(13)16(21)19(2)11-17(22)7-9-20(12-17)14-5-3-4-8-18-14/h3-6,8,10,22H,7,9,11-12H2,1-2H3/t17-/m1/s1. The van der Waals surface area contributed by atoms with Gasteiger partial charge < -0.3 is 14.9 Å². The van der Waals surface area contributed by atoms with Gasteiger partial charge in [-0.15, -0.1) is 11.3 Å². The molecule has 0 radical (unpaired) electrons. The molecule has 0 spiro atoms. The van der Waals surface area contributed by atoms with Crippen molar-refractivity contribution < 1.29 is 9.90 Å². The van der Waals surface area contributed by atoms with Gasteiger partial charge in [-0.3, -0.25) is 4.79 Å². The highest BCUT2D eigenvalue weighted by Crippen LogP contribution is 2.27. The first-order valence-electron chi connectivity index (χ1n) is 7.66. The van der Waals surface area contributed by atoms with Gasteiger partial charge in [0.1, 0.15) is 11.4 Å². The van der Waals surface area contributed by atoms with Gasteiger partial charge in [0, 0.05) is 26.3 Å². The third-order valence-corrected chi connectivity index (χ3v) is 5.24. The van der Waals surface area contributed by atoms with Crippen molar-refractivity contribution >= 4 is 23.1 Å². The number of nitrogens with zero attached hydrogens (tertiary/aromatic N) is 3. The van der Waals surface area contributed by atoms with Crippen LogP contribution in [0.1, 0.15) is 21.7 Å². The minimum absolute atomic E-state index is 0.0257. The molecule has 0 unspecified atom stereocenters. The van der Waals surface area contributed by atoms with E-state index in [1.165, 1.54) is 11.3 Å². The maximum atomic E-state index is 12.5. The van der Waals surface area contributed by atoms with Gasteiger partial charge in [-0.2, -0.15) is 0 Å². The molecule has 0 aliphatic carbocycles. The van der Waals surface area contributed by atoms with Crippen LogP contribution in [0.4, 0.5) is 5.82 Å². The number of hydrogen-bond acceptors (Lipinski definition) is 5. The molecule has 0 saturated carbocycles. The van der Waals surface area contributed by atoms with Gasteiger partial charge in [-0.1, -0.05) is 6.07 Å². The summed E-state index contributed by atoms with van der Waals surface area (Å²) in [6, 6.07) is 7.70.